The zero-order chi connectivity index (χ0) is 18.8. The number of carbonyl (C=O) groups excluding carboxylic acids is 1. The van der Waals surface area contributed by atoms with Gasteiger partial charge in [-0.15, -0.1) is 0 Å². The van der Waals surface area contributed by atoms with E-state index < -0.39 is 0 Å². The third-order valence-corrected chi connectivity index (χ3v) is 4.40. The number of carbonyl (C=O) groups is 1. The molecule has 0 saturated carbocycles. The van der Waals surface area contributed by atoms with E-state index >= 15 is 0 Å². The van der Waals surface area contributed by atoms with E-state index in [0.717, 1.165) is 24.0 Å². The van der Waals surface area contributed by atoms with Gasteiger partial charge in [0, 0.05) is 6.54 Å². The lowest BCUT2D eigenvalue weighted by Crippen LogP contribution is -2.28. The summed E-state index contributed by atoms with van der Waals surface area (Å²) in [7, 11) is 0. The van der Waals surface area contributed by atoms with Gasteiger partial charge in [-0.2, -0.15) is 0 Å². The molecular formula is C20H19N5O2. The normalized spacial score (nSPS) is 11.1. The summed E-state index contributed by atoms with van der Waals surface area (Å²) in [5.74, 6) is 0.173. The topological polar surface area (TPSA) is 81.8 Å². The number of hydrogen-bond donors (Lipinski definition) is 1. The summed E-state index contributed by atoms with van der Waals surface area (Å²) in [4.78, 5) is 33.9. The Hall–Kier alpha value is -3.48. The van der Waals surface area contributed by atoms with Crippen molar-refractivity contribution in [1.29, 1.82) is 0 Å². The molecule has 0 aliphatic heterocycles. The molecule has 0 fully saturated rings. The zero-order valence-corrected chi connectivity index (χ0v) is 14.9. The molecular weight excluding hydrogens is 342 g/mol. The van der Waals surface area contributed by atoms with Crippen LogP contribution in [-0.4, -0.2) is 25.0 Å². The van der Waals surface area contributed by atoms with Crippen molar-refractivity contribution in [1.82, 2.24) is 19.1 Å². The van der Waals surface area contributed by atoms with E-state index in [-0.39, 0.29) is 18.0 Å². The minimum Gasteiger partial charge on any atom is -0.310 e. The molecule has 7 heteroatoms. The van der Waals surface area contributed by atoms with Gasteiger partial charge in [0.05, 0.1) is 28.3 Å². The maximum absolute atomic E-state index is 12.6. The number of amides is 1. The van der Waals surface area contributed by atoms with Gasteiger partial charge in [-0.3, -0.25) is 19.5 Å². The highest BCUT2D eigenvalue weighted by Gasteiger charge is 2.14. The maximum atomic E-state index is 12.6. The minimum atomic E-state index is -0.318. The van der Waals surface area contributed by atoms with E-state index in [1.54, 1.807) is 18.2 Å². The number of hydrogen-bond acceptors (Lipinski definition) is 4. The molecule has 7 nitrogen and oxygen atoms in total. The van der Waals surface area contributed by atoms with Crippen LogP contribution < -0.4 is 10.9 Å². The van der Waals surface area contributed by atoms with Crippen molar-refractivity contribution in [2.75, 3.05) is 5.32 Å². The fourth-order valence-corrected chi connectivity index (χ4v) is 3.16. The first-order valence-corrected chi connectivity index (χ1v) is 8.86. The highest BCUT2D eigenvalue weighted by molar-refractivity contribution is 5.91. The number of para-hydroxylation sites is 3. The van der Waals surface area contributed by atoms with E-state index in [9.17, 15) is 9.59 Å². The molecule has 0 spiro atoms. The van der Waals surface area contributed by atoms with Crippen LogP contribution in [0.25, 0.3) is 21.9 Å². The molecule has 2 aromatic carbocycles. The van der Waals surface area contributed by atoms with Crippen molar-refractivity contribution in [3.8, 4) is 0 Å². The lowest BCUT2D eigenvalue weighted by molar-refractivity contribution is -0.116. The smallest absolute Gasteiger partial charge is 0.261 e. The maximum Gasteiger partial charge on any atom is 0.261 e. The van der Waals surface area contributed by atoms with E-state index in [0.29, 0.717) is 16.9 Å². The third-order valence-electron chi connectivity index (χ3n) is 4.40. The molecule has 0 aliphatic rings. The fourth-order valence-electron chi connectivity index (χ4n) is 3.16. The van der Waals surface area contributed by atoms with Crippen LogP contribution in [0.15, 0.2) is 59.7 Å². The SMILES string of the molecule is CCCn1c(NC(=O)Cn2cnc3ccccc3c2=O)nc2ccccc21. The van der Waals surface area contributed by atoms with Gasteiger partial charge in [-0.1, -0.05) is 31.2 Å². The van der Waals surface area contributed by atoms with Gasteiger partial charge in [0.15, 0.2) is 0 Å². The highest BCUT2D eigenvalue weighted by atomic mass is 16.2. The number of anilines is 1. The van der Waals surface area contributed by atoms with Crippen LogP contribution in [0.5, 0.6) is 0 Å². The summed E-state index contributed by atoms with van der Waals surface area (Å²) in [5, 5.41) is 3.33. The number of imidazole rings is 1. The van der Waals surface area contributed by atoms with Gasteiger partial charge < -0.3 is 4.57 Å². The lowest BCUT2D eigenvalue weighted by atomic mass is 10.2. The van der Waals surface area contributed by atoms with E-state index in [1.807, 2.05) is 34.9 Å². The number of fused-ring (bicyclic) bond motifs is 2. The Morgan fingerprint density at radius 3 is 2.63 bits per heavy atom. The molecule has 0 bridgehead atoms. The van der Waals surface area contributed by atoms with Gasteiger partial charge in [0.25, 0.3) is 5.56 Å². The molecule has 4 aromatic rings. The van der Waals surface area contributed by atoms with Gasteiger partial charge in [-0.25, -0.2) is 9.97 Å². The Morgan fingerprint density at radius 2 is 1.81 bits per heavy atom. The molecule has 2 heterocycles. The lowest BCUT2D eigenvalue weighted by Gasteiger charge is -2.10. The highest BCUT2D eigenvalue weighted by Crippen LogP contribution is 2.20. The first kappa shape index (κ1) is 17.0. The third kappa shape index (κ3) is 3.19. The molecule has 0 saturated heterocycles. The fraction of sp³-hybridized carbons (Fsp3) is 0.200. The summed E-state index contributed by atoms with van der Waals surface area (Å²) in [6.45, 7) is 2.69. The second kappa shape index (κ2) is 7.03. The van der Waals surface area contributed by atoms with E-state index in [2.05, 4.69) is 22.2 Å². The summed E-state index contributed by atoms with van der Waals surface area (Å²) in [5.41, 5.74) is 2.17. The second-order valence-corrected chi connectivity index (χ2v) is 6.32. The number of benzene rings is 2. The number of nitrogens with one attached hydrogen (secondary N) is 1. The van der Waals surface area contributed by atoms with Crippen LogP contribution in [0.1, 0.15) is 13.3 Å². The first-order valence-electron chi connectivity index (χ1n) is 8.86. The molecule has 4 rings (SSSR count). The molecule has 0 atom stereocenters. The Morgan fingerprint density at radius 1 is 1.07 bits per heavy atom. The number of rotatable bonds is 5. The predicted molar refractivity (Wildman–Crippen MR) is 105 cm³/mol. The molecule has 136 valence electrons. The summed E-state index contributed by atoms with van der Waals surface area (Å²) in [6.07, 6.45) is 2.32. The Bertz CT molecular complexity index is 1190. The van der Waals surface area contributed by atoms with Crippen LogP contribution in [-0.2, 0) is 17.9 Å². The largest absolute Gasteiger partial charge is 0.310 e. The quantitative estimate of drug-likeness (QED) is 0.593. The first-order chi connectivity index (χ1) is 13.2. The summed E-state index contributed by atoms with van der Waals surface area (Å²) >= 11 is 0. The van der Waals surface area contributed by atoms with Crippen LogP contribution >= 0.6 is 0 Å². The molecule has 1 amide bonds. The number of nitrogens with zero attached hydrogens (tertiary/aromatic N) is 4. The van der Waals surface area contributed by atoms with E-state index in [1.165, 1.54) is 10.9 Å². The monoisotopic (exact) mass is 361 g/mol. The summed E-state index contributed by atoms with van der Waals surface area (Å²) in [6, 6.07) is 14.8. The van der Waals surface area contributed by atoms with Crippen molar-refractivity contribution < 1.29 is 4.79 Å². The minimum absolute atomic E-state index is 0.119. The van der Waals surface area contributed by atoms with Crippen molar-refractivity contribution >= 4 is 33.8 Å². The molecule has 0 unspecified atom stereocenters. The average Bonchev–Trinajstić information content (AvgIpc) is 3.02. The van der Waals surface area contributed by atoms with Crippen molar-refractivity contribution in [2.45, 2.75) is 26.4 Å². The van der Waals surface area contributed by atoms with Crippen LogP contribution in [0.2, 0.25) is 0 Å². The Kier molecular flexibility index (Phi) is 4.42. The molecule has 2 aromatic heterocycles. The van der Waals surface area contributed by atoms with Crippen molar-refractivity contribution in [3.05, 3.63) is 65.2 Å². The standard InChI is InChI=1S/C20H19N5O2/c1-2-11-25-17-10-6-5-9-16(17)22-20(25)23-18(26)12-24-13-21-15-8-4-3-7-14(15)19(24)27/h3-10,13H,2,11-12H2,1H3,(H,22,23,26). The van der Waals surface area contributed by atoms with Crippen LogP contribution in [0, 0.1) is 0 Å². The van der Waals surface area contributed by atoms with Crippen LogP contribution in [0.4, 0.5) is 5.95 Å². The van der Waals surface area contributed by atoms with Crippen molar-refractivity contribution in [3.63, 3.8) is 0 Å². The Balaban J connectivity index is 1.62. The van der Waals surface area contributed by atoms with Gasteiger partial charge in [0.2, 0.25) is 11.9 Å². The summed E-state index contributed by atoms with van der Waals surface area (Å²) < 4.78 is 3.29. The number of aryl methyl sites for hydroxylation is 1. The van der Waals surface area contributed by atoms with Crippen molar-refractivity contribution in [2.24, 2.45) is 0 Å². The molecule has 27 heavy (non-hydrogen) atoms. The average molecular weight is 361 g/mol. The predicted octanol–water partition coefficient (Wildman–Crippen LogP) is 2.79. The van der Waals surface area contributed by atoms with Gasteiger partial charge in [0.1, 0.15) is 6.54 Å². The second-order valence-electron chi connectivity index (χ2n) is 6.32. The van der Waals surface area contributed by atoms with Gasteiger partial charge >= 0.3 is 0 Å². The molecule has 1 N–H and O–H groups in total. The number of aromatic nitrogens is 4. The molecule has 0 radical (unpaired) electrons. The van der Waals surface area contributed by atoms with Crippen LogP contribution in [0.3, 0.4) is 0 Å². The zero-order valence-electron chi connectivity index (χ0n) is 14.9. The Labute approximate surface area is 155 Å². The molecule has 0 aliphatic carbocycles. The van der Waals surface area contributed by atoms with Gasteiger partial charge in [-0.05, 0) is 30.7 Å². The van der Waals surface area contributed by atoms with E-state index in [4.69, 9.17) is 0 Å².